The predicted molar refractivity (Wildman–Crippen MR) is 112 cm³/mol. The third kappa shape index (κ3) is 7.90. The first-order valence-electron chi connectivity index (χ1n) is 9.71. The van der Waals surface area contributed by atoms with Gasteiger partial charge in [0.15, 0.2) is 0 Å². The van der Waals surface area contributed by atoms with Gasteiger partial charge in [-0.3, -0.25) is 4.79 Å². The van der Waals surface area contributed by atoms with E-state index in [2.05, 4.69) is 26.5 Å². The highest BCUT2D eigenvalue weighted by molar-refractivity contribution is 7.09. The SMILES string of the molecule is CCCCN(CCC(=O)NCCN(C)C)c1nc(Cc2ccc(F)cc2)ns1. The number of carbonyl (C=O) groups excluding carboxylic acids is 1. The van der Waals surface area contributed by atoms with Crippen molar-refractivity contribution in [3.8, 4) is 0 Å². The average molecular weight is 408 g/mol. The number of nitrogens with zero attached hydrogens (tertiary/aromatic N) is 4. The fourth-order valence-corrected chi connectivity index (χ4v) is 3.36. The van der Waals surface area contributed by atoms with E-state index in [9.17, 15) is 9.18 Å². The molecule has 0 aliphatic heterocycles. The Balaban J connectivity index is 1.91. The van der Waals surface area contributed by atoms with Crippen LogP contribution < -0.4 is 10.2 Å². The molecule has 0 saturated heterocycles. The Morgan fingerprint density at radius 1 is 1.18 bits per heavy atom. The fourth-order valence-electron chi connectivity index (χ4n) is 2.63. The van der Waals surface area contributed by atoms with E-state index in [1.807, 2.05) is 19.0 Å². The van der Waals surface area contributed by atoms with Crippen LogP contribution in [0.2, 0.25) is 0 Å². The standard InChI is InChI=1S/C20H30FN5OS/c1-4-5-12-26(13-10-19(27)22-11-14-25(2)3)20-23-18(24-28-20)15-16-6-8-17(21)9-7-16/h6-9H,4-5,10-15H2,1-3H3,(H,22,27). The maximum Gasteiger partial charge on any atom is 0.221 e. The van der Waals surface area contributed by atoms with Crippen LogP contribution >= 0.6 is 11.5 Å². The van der Waals surface area contributed by atoms with E-state index < -0.39 is 0 Å². The van der Waals surface area contributed by atoms with Crippen LogP contribution in [0.1, 0.15) is 37.6 Å². The predicted octanol–water partition coefficient (Wildman–Crippen LogP) is 2.94. The Labute approximate surface area is 170 Å². The number of unbranched alkanes of at least 4 members (excludes halogenated alkanes) is 1. The lowest BCUT2D eigenvalue weighted by Crippen LogP contribution is -2.34. The van der Waals surface area contributed by atoms with Gasteiger partial charge in [0, 0.05) is 50.6 Å². The van der Waals surface area contributed by atoms with Crippen molar-refractivity contribution in [3.05, 3.63) is 41.5 Å². The van der Waals surface area contributed by atoms with Crippen LogP contribution in [0.4, 0.5) is 9.52 Å². The van der Waals surface area contributed by atoms with Gasteiger partial charge in [0.2, 0.25) is 11.0 Å². The van der Waals surface area contributed by atoms with E-state index >= 15 is 0 Å². The van der Waals surface area contributed by atoms with Crippen molar-refractivity contribution in [2.24, 2.45) is 0 Å². The molecule has 0 fully saturated rings. The molecule has 1 aromatic heterocycles. The van der Waals surface area contributed by atoms with E-state index in [4.69, 9.17) is 0 Å². The maximum absolute atomic E-state index is 13.0. The molecule has 0 atom stereocenters. The number of carbonyl (C=O) groups is 1. The molecule has 28 heavy (non-hydrogen) atoms. The number of nitrogens with one attached hydrogen (secondary N) is 1. The first-order valence-corrected chi connectivity index (χ1v) is 10.5. The molecule has 0 saturated carbocycles. The number of amides is 1. The zero-order valence-corrected chi connectivity index (χ0v) is 17.8. The lowest BCUT2D eigenvalue weighted by molar-refractivity contribution is -0.120. The molecule has 1 aromatic carbocycles. The van der Waals surface area contributed by atoms with Gasteiger partial charge in [0.05, 0.1) is 0 Å². The number of benzene rings is 1. The highest BCUT2D eigenvalue weighted by atomic mass is 32.1. The number of anilines is 1. The summed E-state index contributed by atoms with van der Waals surface area (Å²) in [6, 6.07) is 6.40. The molecule has 154 valence electrons. The average Bonchev–Trinajstić information content (AvgIpc) is 3.11. The lowest BCUT2D eigenvalue weighted by Gasteiger charge is -2.21. The summed E-state index contributed by atoms with van der Waals surface area (Å²) in [5.74, 6) is 0.535. The van der Waals surface area contributed by atoms with E-state index in [1.54, 1.807) is 12.1 Å². The molecule has 1 heterocycles. The summed E-state index contributed by atoms with van der Waals surface area (Å²) in [6.45, 7) is 5.10. The molecular weight excluding hydrogens is 377 g/mol. The molecule has 0 bridgehead atoms. The minimum atomic E-state index is -0.245. The third-order valence-corrected chi connectivity index (χ3v) is 5.09. The number of halogens is 1. The van der Waals surface area contributed by atoms with Crippen molar-refractivity contribution < 1.29 is 9.18 Å². The zero-order chi connectivity index (χ0) is 20.4. The summed E-state index contributed by atoms with van der Waals surface area (Å²) in [4.78, 5) is 20.9. The second-order valence-corrected chi connectivity index (χ2v) is 7.77. The lowest BCUT2D eigenvalue weighted by atomic mass is 10.1. The summed E-state index contributed by atoms with van der Waals surface area (Å²) < 4.78 is 17.5. The molecule has 1 N–H and O–H groups in total. The zero-order valence-electron chi connectivity index (χ0n) is 16.9. The smallest absolute Gasteiger partial charge is 0.221 e. The van der Waals surface area contributed by atoms with Gasteiger partial charge in [-0.2, -0.15) is 4.37 Å². The minimum Gasteiger partial charge on any atom is -0.355 e. The number of hydrogen-bond acceptors (Lipinski definition) is 6. The van der Waals surface area contributed by atoms with Crippen molar-refractivity contribution in [3.63, 3.8) is 0 Å². The molecule has 2 rings (SSSR count). The molecular formula is C20H30FN5OS. The van der Waals surface area contributed by atoms with Crippen molar-refractivity contribution in [1.29, 1.82) is 0 Å². The quantitative estimate of drug-likeness (QED) is 0.586. The van der Waals surface area contributed by atoms with E-state index in [0.29, 0.717) is 25.9 Å². The van der Waals surface area contributed by atoms with Gasteiger partial charge in [0.25, 0.3) is 0 Å². The Hall–Kier alpha value is -2.06. The van der Waals surface area contributed by atoms with Crippen LogP contribution in [0.25, 0.3) is 0 Å². The van der Waals surface area contributed by atoms with Crippen LogP contribution in [0, 0.1) is 5.82 Å². The molecule has 1 amide bonds. The first-order chi connectivity index (χ1) is 13.5. The Kier molecular flexibility index (Phi) is 9.30. The van der Waals surface area contributed by atoms with Gasteiger partial charge >= 0.3 is 0 Å². The Morgan fingerprint density at radius 2 is 1.93 bits per heavy atom. The number of likely N-dealkylation sites (N-methyl/N-ethyl adjacent to an activating group) is 1. The van der Waals surface area contributed by atoms with Crippen molar-refractivity contribution in [2.45, 2.75) is 32.6 Å². The van der Waals surface area contributed by atoms with Gasteiger partial charge < -0.3 is 15.1 Å². The van der Waals surface area contributed by atoms with Crippen LogP contribution in [0.15, 0.2) is 24.3 Å². The van der Waals surface area contributed by atoms with Crippen molar-refractivity contribution >= 4 is 22.6 Å². The maximum atomic E-state index is 13.0. The molecule has 0 unspecified atom stereocenters. The van der Waals surface area contributed by atoms with Gasteiger partial charge in [-0.05, 0) is 38.2 Å². The molecule has 0 aliphatic rings. The monoisotopic (exact) mass is 407 g/mol. The number of aromatic nitrogens is 2. The van der Waals surface area contributed by atoms with Gasteiger partial charge in [-0.15, -0.1) is 0 Å². The summed E-state index contributed by atoms with van der Waals surface area (Å²) >= 11 is 1.36. The Morgan fingerprint density at radius 3 is 2.61 bits per heavy atom. The Bertz CT molecular complexity index is 720. The van der Waals surface area contributed by atoms with Gasteiger partial charge in [0.1, 0.15) is 11.6 Å². The largest absolute Gasteiger partial charge is 0.355 e. The normalized spacial score (nSPS) is 11.0. The number of hydrogen-bond donors (Lipinski definition) is 1. The second-order valence-electron chi connectivity index (χ2n) is 7.04. The van der Waals surface area contributed by atoms with Crippen LogP contribution in [-0.2, 0) is 11.2 Å². The summed E-state index contributed by atoms with van der Waals surface area (Å²) in [7, 11) is 3.97. The first kappa shape index (κ1) is 22.2. The molecule has 2 aromatic rings. The third-order valence-electron chi connectivity index (χ3n) is 4.27. The van der Waals surface area contributed by atoms with Crippen LogP contribution in [0.3, 0.4) is 0 Å². The highest BCUT2D eigenvalue weighted by Crippen LogP contribution is 2.20. The summed E-state index contributed by atoms with van der Waals surface area (Å²) in [6.07, 6.45) is 3.12. The van der Waals surface area contributed by atoms with Gasteiger partial charge in [-0.1, -0.05) is 25.5 Å². The van der Waals surface area contributed by atoms with Gasteiger partial charge in [-0.25, -0.2) is 9.37 Å². The number of rotatable bonds is 12. The van der Waals surface area contributed by atoms with Crippen LogP contribution in [-0.4, -0.2) is 60.4 Å². The molecule has 8 heteroatoms. The minimum absolute atomic E-state index is 0.0550. The second kappa shape index (κ2) is 11.7. The summed E-state index contributed by atoms with van der Waals surface area (Å²) in [5.41, 5.74) is 0.978. The molecule has 0 radical (unpaired) electrons. The van der Waals surface area contributed by atoms with Crippen molar-refractivity contribution in [1.82, 2.24) is 19.6 Å². The fraction of sp³-hybridized carbons (Fsp3) is 0.550. The van der Waals surface area contributed by atoms with E-state index in [0.717, 1.165) is 42.5 Å². The topological polar surface area (TPSA) is 61.4 Å². The molecule has 0 aliphatic carbocycles. The summed E-state index contributed by atoms with van der Waals surface area (Å²) in [5, 5.41) is 3.79. The molecule has 6 nitrogen and oxygen atoms in total. The van der Waals surface area contributed by atoms with E-state index in [-0.39, 0.29) is 11.7 Å². The van der Waals surface area contributed by atoms with Crippen LogP contribution in [0.5, 0.6) is 0 Å². The highest BCUT2D eigenvalue weighted by Gasteiger charge is 2.14. The molecule has 0 spiro atoms. The van der Waals surface area contributed by atoms with E-state index in [1.165, 1.54) is 23.7 Å². The van der Waals surface area contributed by atoms with Crippen molar-refractivity contribution in [2.75, 3.05) is 45.2 Å².